The fourth-order valence-electron chi connectivity index (χ4n) is 2.66. The van der Waals surface area contributed by atoms with Gasteiger partial charge >= 0.3 is 0 Å². The molecule has 0 spiro atoms. The molecule has 2 nitrogen and oxygen atoms in total. The van der Waals surface area contributed by atoms with Gasteiger partial charge in [0.05, 0.1) is 0 Å². The fraction of sp³-hybridized carbons (Fsp3) is 0.667. The first-order valence-corrected chi connectivity index (χ1v) is 8.22. The Balaban J connectivity index is 2.08. The van der Waals surface area contributed by atoms with Gasteiger partial charge in [0.25, 0.3) is 0 Å². The van der Waals surface area contributed by atoms with Crippen molar-refractivity contribution < 1.29 is 4.84 Å². The van der Waals surface area contributed by atoms with Crippen molar-refractivity contribution in [3.8, 4) is 5.75 Å². The molecule has 0 saturated carbocycles. The van der Waals surface area contributed by atoms with E-state index in [-0.39, 0.29) is 0 Å². The number of nitrogens with two attached hydrogens (primary N) is 1. The van der Waals surface area contributed by atoms with Crippen LogP contribution in [0.15, 0.2) is 24.3 Å². The summed E-state index contributed by atoms with van der Waals surface area (Å²) in [7, 11) is 0. The minimum Gasteiger partial charge on any atom is -0.412 e. The van der Waals surface area contributed by atoms with Crippen LogP contribution < -0.4 is 10.7 Å². The minimum atomic E-state index is 0.730. The number of benzene rings is 1. The topological polar surface area (TPSA) is 35.2 Å². The molecule has 0 fully saturated rings. The molecule has 1 unspecified atom stereocenters. The predicted octanol–water partition coefficient (Wildman–Crippen LogP) is 5.26. The van der Waals surface area contributed by atoms with Crippen molar-refractivity contribution >= 4 is 0 Å². The summed E-state index contributed by atoms with van der Waals surface area (Å²) >= 11 is 0. The highest BCUT2D eigenvalue weighted by Gasteiger charge is 2.04. The minimum absolute atomic E-state index is 0.730. The molecule has 0 aliphatic heterocycles. The smallest absolute Gasteiger partial charge is 0.146 e. The van der Waals surface area contributed by atoms with Crippen LogP contribution in [0.1, 0.15) is 70.8 Å². The highest BCUT2D eigenvalue weighted by atomic mass is 16.6. The summed E-state index contributed by atoms with van der Waals surface area (Å²) in [6, 6.07) is 8.11. The molecule has 1 atom stereocenters. The van der Waals surface area contributed by atoms with Crippen LogP contribution in [-0.4, -0.2) is 0 Å². The average Bonchev–Trinajstić information content (AvgIpc) is 2.47. The molecule has 0 aliphatic carbocycles. The second-order valence-electron chi connectivity index (χ2n) is 5.98. The van der Waals surface area contributed by atoms with Crippen molar-refractivity contribution in [2.75, 3.05) is 0 Å². The van der Waals surface area contributed by atoms with Crippen LogP contribution in [-0.2, 0) is 6.42 Å². The molecule has 1 rings (SSSR count). The van der Waals surface area contributed by atoms with Gasteiger partial charge in [-0.25, -0.2) is 0 Å². The molecule has 0 aliphatic rings. The van der Waals surface area contributed by atoms with E-state index in [9.17, 15) is 0 Å². The normalized spacial score (nSPS) is 12.3. The van der Waals surface area contributed by atoms with E-state index in [1.54, 1.807) is 0 Å². The first kappa shape index (κ1) is 17.0. The molecule has 0 aromatic heterocycles. The molecular weight excluding hydrogens is 246 g/mol. The third-order valence-corrected chi connectivity index (χ3v) is 3.94. The maximum Gasteiger partial charge on any atom is 0.146 e. The number of hydrogen-bond donors (Lipinski definition) is 1. The third kappa shape index (κ3) is 7.54. The lowest BCUT2D eigenvalue weighted by molar-refractivity contribution is 0.334. The molecule has 2 heteroatoms. The van der Waals surface area contributed by atoms with E-state index >= 15 is 0 Å². The Morgan fingerprint density at radius 3 is 2.15 bits per heavy atom. The summed E-state index contributed by atoms with van der Waals surface area (Å²) in [6.07, 6.45) is 12.2. The van der Waals surface area contributed by atoms with Crippen LogP contribution in [0, 0.1) is 5.92 Å². The van der Waals surface area contributed by atoms with Gasteiger partial charge in [0.15, 0.2) is 0 Å². The van der Waals surface area contributed by atoms with Crippen LogP contribution in [0.25, 0.3) is 0 Å². The Kier molecular flexibility index (Phi) is 9.14. The average molecular weight is 277 g/mol. The lowest BCUT2D eigenvalue weighted by Crippen LogP contribution is -2.03. The van der Waals surface area contributed by atoms with Crippen molar-refractivity contribution in [1.82, 2.24) is 0 Å². The van der Waals surface area contributed by atoms with E-state index in [1.807, 2.05) is 12.1 Å². The molecule has 0 heterocycles. The zero-order valence-electron chi connectivity index (χ0n) is 13.2. The van der Waals surface area contributed by atoms with E-state index in [0.717, 1.165) is 18.1 Å². The van der Waals surface area contributed by atoms with Crippen molar-refractivity contribution in [1.29, 1.82) is 0 Å². The summed E-state index contributed by atoms with van der Waals surface area (Å²) in [5.74, 6) is 6.62. The zero-order chi connectivity index (χ0) is 14.6. The molecular formula is C18H31NO. The van der Waals surface area contributed by atoms with Crippen LogP contribution in [0.4, 0.5) is 0 Å². The van der Waals surface area contributed by atoms with Gasteiger partial charge in [0, 0.05) is 0 Å². The summed E-state index contributed by atoms with van der Waals surface area (Å²) in [5.41, 5.74) is 1.38. The van der Waals surface area contributed by atoms with Crippen molar-refractivity contribution in [2.45, 2.75) is 71.6 Å². The van der Waals surface area contributed by atoms with Crippen LogP contribution in [0.2, 0.25) is 0 Å². The lowest BCUT2D eigenvalue weighted by atomic mass is 9.95. The zero-order valence-corrected chi connectivity index (χ0v) is 13.2. The largest absolute Gasteiger partial charge is 0.412 e. The van der Waals surface area contributed by atoms with Gasteiger partial charge in [-0.1, -0.05) is 77.3 Å². The molecule has 114 valence electrons. The summed E-state index contributed by atoms with van der Waals surface area (Å²) in [5, 5.41) is 0. The molecule has 0 saturated heterocycles. The fourth-order valence-corrected chi connectivity index (χ4v) is 2.66. The molecule has 0 amide bonds. The Bertz CT molecular complexity index is 334. The number of unbranched alkanes of at least 4 members (excludes halogenated alkanes) is 6. The van der Waals surface area contributed by atoms with Gasteiger partial charge in [-0.05, 0) is 30.0 Å². The van der Waals surface area contributed by atoms with Gasteiger partial charge in [-0.2, -0.15) is 5.90 Å². The lowest BCUT2D eigenvalue weighted by Gasteiger charge is -2.11. The van der Waals surface area contributed by atoms with E-state index in [1.165, 1.54) is 56.9 Å². The first-order chi connectivity index (χ1) is 9.76. The summed E-state index contributed by atoms with van der Waals surface area (Å²) in [6.45, 7) is 4.62. The Morgan fingerprint density at radius 2 is 1.55 bits per heavy atom. The van der Waals surface area contributed by atoms with Gasteiger partial charge < -0.3 is 4.84 Å². The van der Waals surface area contributed by atoms with E-state index in [2.05, 4.69) is 26.0 Å². The third-order valence-electron chi connectivity index (χ3n) is 3.94. The molecule has 0 radical (unpaired) electrons. The number of hydrogen-bond acceptors (Lipinski definition) is 2. The Morgan fingerprint density at radius 1 is 0.950 bits per heavy atom. The maximum absolute atomic E-state index is 5.13. The second-order valence-corrected chi connectivity index (χ2v) is 5.98. The second kappa shape index (κ2) is 10.7. The number of rotatable bonds is 11. The van der Waals surface area contributed by atoms with E-state index < -0.39 is 0 Å². The van der Waals surface area contributed by atoms with Crippen LogP contribution in [0.5, 0.6) is 5.75 Å². The summed E-state index contributed by atoms with van der Waals surface area (Å²) < 4.78 is 0. The van der Waals surface area contributed by atoms with Crippen LogP contribution in [0.3, 0.4) is 0 Å². The molecule has 1 aromatic carbocycles. The Labute approximate surface area is 124 Å². The van der Waals surface area contributed by atoms with E-state index in [4.69, 9.17) is 10.7 Å². The van der Waals surface area contributed by atoms with Crippen molar-refractivity contribution in [3.63, 3.8) is 0 Å². The Hall–Kier alpha value is -1.02. The van der Waals surface area contributed by atoms with Gasteiger partial charge in [0.1, 0.15) is 5.75 Å². The predicted molar refractivity (Wildman–Crippen MR) is 86.7 cm³/mol. The molecule has 20 heavy (non-hydrogen) atoms. The van der Waals surface area contributed by atoms with Gasteiger partial charge in [-0.15, -0.1) is 0 Å². The van der Waals surface area contributed by atoms with Gasteiger partial charge in [0.2, 0.25) is 0 Å². The van der Waals surface area contributed by atoms with Crippen molar-refractivity contribution in [3.05, 3.63) is 29.8 Å². The molecule has 2 N–H and O–H groups in total. The highest BCUT2D eigenvalue weighted by molar-refractivity contribution is 5.27. The summed E-state index contributed by atoms with van der Waals surface area (Å²) in [4.78, 5) is 4.69. The standard InChI is InChI=1S/C18H31NO/c1-3-4-5-6-7-8-9-10-16(2)15-17-11-13-18(20-19)14-12-17/h11-14,16H,3-10,15,19H2,1-2H3. The monoisotopic (exact) mass is 277 g/mol. The van der Waals surface area contributed by atoms with Crippen LogP contribution >= 0.6 is 0 Å². The SMILES string of the molecule is CCCCCCCCCC(C)Cc1ccc(ON)cc1. The molecule has 1 aromatic rings. The quantitative estimate of drug-likeness (QED) is 0.442. The van der Waals surface area contributed by atoms with Crippen molar-refractivity contribution in [2.24, 2.45) is 11.8 Å². The van der Waals surface area contributed by atoms with Gasteiger partial charge in [-0.3, -0.25) is 0 Å². The highest BCUT2D eigenvalue weighted by Crippen LogP contribution is 2.18. The maximum atomic E-state index is 5.13. The first-order valence-electron chi connectivity index (χ1n) is 8.22. The van der Waals surface area contributed by atoms with E-state index in [0.29, 0.717) is 0 Å². The molecule has 0 bridgehead atoms.